The molecule has 0 saturated heterocycles. The summed E-state index contributed by atoms with van der Waals surface area (Å²) in [6.07, 6.45) is 0. The van der Waals surface area contributed by atoms with Crippen molar-refractivity contribution in [2.24, 2.45) is 0 Å². The highest BCUT2D eigenvalue weighted by atomic mass is 32.1. The van der Waals surface area contributed by atoms with Crippen molar-refractivity contribution in [1.29, 1.82) is 0 Å². The fourth-order valence-electron chi connectivity index (χ4n) is 1.61. The van der Waals surface area contributed by atoms with Crippen molar-refractivity contribution in [3.8, 4) is 5.88 Å². The Labute approximate surface area is 114 Å². The number of pyridine rings is 1. The average molecular weight is 279 g/mol. The Morgan fingerprint density at radius 1 is 1.47 bits per heavy atom. The van der Waals surface area contributed by atoms with Gasteiger partial charge in [0.05, 0.1) is 18.1 Å². The summed E-state index contributed by atoms with van der Waals surface area (Å²) in [5.41, 5.74) is -0.0655. The number of nitrogens with zero attached hydrogens (tertiary/aromatic N) is 2. The van der Waals surface area contributed by atoms with Gasteiger partial charge in [-0.05, 0) is 18.4 Å². The monoisotopic (exact) mass is 279 g/mol. The van der Waals surface area contributed by atoms with Crippen LogP contribution in [0, 0.1) is 10.1 Å². The van der Waals surface area contributed by atoms with Gasteiger partial charge in [-0.25, -0.2) is 0 Å². The van der Waals surface area contributed by atoms with Crippen molar-refractivity contribution in [2.75, 3.05) is 12.4 Å². The van der Waals surface area contributed by atoms with Crippen LogP contribution in [0.15, 0.2) is 29.6 Å². The zero-order valence-electron chi connectivity index (χ0n) is 10.5. The van der Waals surface area contributed by atoms with Gasteiger partial charge in [0.2, 0.25) is 11.7 Å². The molecule has 0 aromatic carbocycles. The number of rotatable bonds is 5. The topological polar surface area (TPSA) is 77.3 Å². The Balaban J connectivity index is 2.29. The molecule has 0 aliphatic heterocycles. The summed E-state index contributed by atoms with van der Waals surface area (Å²) in [7, 11) is 1.47. The van der Waals surface area contributed by atoms with Gasteiger partial charge < -0.3 is 10.1 Å². The summed E-state index contributed by atoms with van der Waals surface area (Å²) in [5.74, 6) is 0.553. The van der Waals surface area contributed by atoms with Gasteiger partial charge in [-0.3, -0.25) is 10.1 Å². The molecule has 2 heterocycles. The van der Waals surface area contributed by atoms with Crippen LogP contribution < -0.4 is 10.1 Å². The van der Waals surface area contributed by atoms with E-state index < -0.39 is 4.92 Å². The molecule has 0 bridgehead atoms. The molecule has 0 aliphatic carbocycles. The lowest BCUT2D eigenvalue weighted by Crippen LogP contribution is -2.09. The van der Waals surface area contributed by atoms with Crippen molar-refractivity contribution in [3.63, 3.8) is 0 Å². The van der Waals surface area contributed by atoms with Crippen molar-refractivity contribution >= 4 is 22.8 Å². The molecular formula is C12H13N3O3S. The maximum absolute atomic E-state index is 11.0. The van der Waals surface area contributed by atoms with Crippen LogP contribution in [0.5, 0.6) is 5.88 Å². The second kappa shape index (κ2) is 5.66. The van der Waals surface area contributed by atoms with Crippen LogP contribution in [0.3, 0.4) is 0 Å². The SMILES string of the molecule is COc1ccc([N+](=O)[O-])c(NC(C)c2cccs2)n1. The van der Waals surface area contributed by atoms with E-state index in [0.717, 1.165) is 4.88 Å². The highest BCUT2D eigenvalue weighted by Crippen LogP contribution is 2.29. The number of nitro groups is 1. The number of hydrogen-bond acceptors (Lipinski definition) is 6. The molecule has 2 aromatic rings. The van der Waals surface area contributed by atoms with E-state index in [-0.39, 0.29) is 17.5 Å². The lowest BCUT2D eigenvalue weighted by molar-refractivity contribution is -0.384. The zero-order valence-corrected chi connectivity index (χ0v) is 11.3. The molecule has 1 unspecified atom stereocenters. The van der Waals surface area contributed by atoms with Gasteiger partial charge in [0.25, 0.3) is 0 Å². The molecule has 0 amide bonds. The smallest absolute Gasteiger partial charge is 0.311 e. The minimum atomic E-state index is -0.462. The van der Waals surface area contributed by atoms with Crippen molar-refractivity contribution in [3.05, 3.63) is 44.6 Å². The Morgan fingerprint density at radius 2 is 2.26 bits per heavy atom. The van der Waals surface area contributed by atoms with Crippen LogP contribution in [-0.2, 0) is 0 Å². The average Bonchev–Trinajstić information content (AvgIpc) is 2.92. The van der Waals surface area contributed by atoms with Crippen LogP contribution in [-0.4, -0.2) is 17.0 Å². The number of aromatic nitrogens is 1. The Bertz CT molecular complexity index is 572. The molecule has 2 aromatic heterocycles. The van der Waals surface area contributed by atoms with Crippen molar-refractivity contribution in [2.45, 2.75) is 13.0 Å². The third kappa shape index (κ3) is 3.00. The van der Waals surface area contributed by atoms with Crippen LogP contribution in [0.25, 0.3) is 0 Å². The number of hydrogen-bond donors (Lipinski definition) is 1. The van der Waals surface area contributed by atoms with E-state index in [9.17, 15) is 10.1 Å². The lowest BCUT2D eigenvalue weighted by Gasteiger charge is -2.13. The third-order valence-electron chi connectivity index (χ3n) is 2.58. The fraction of sp³-hybridized carbons (Fsp3) is 0.250. The first-order valence-electron chi connectivity index (χ1n) is 5.61. The maximum atomic E-state index is 11.0. The Kier molecular flexibility index (Phi) is 3.96. The largest absolute Gasteiger partial charge is 0.481 e. The zero-order chi connectivity index (χ0) is 13.8. The molecular weight excluding hydrogens is 266 g/mol. The standard InChI is InChI=1S/C12H13N3O3S/c1-8(10-4-3-7-19-10)13-12-9(15(16)17)5-6-11(14-12)18-2/h3-8H,1-2H3,(H,13,14). The van der Waals surface area contributed by atoms with Crippen LogP contribution >= 0.6 is 11.3 Å². The number of methoxy groups -OCH3 is 1. The molecule has 19 heavy (non-hydrogen) atoms. The van der Waals surface area contributed by atoms with Gasteiger partial charge in [-0.1, -0.05) is 6.07 Å². The number of thiophene rings is 1. The molecule has 2 rings (SSSR count). The summed E-state index contributed by atoms with van der Waals surface area (Å²) >= 11 is 1.58. The molecule has 0 radical (unpaired) electrons. The molecule has 1 atom stereocenters. The number of ether oxygens (including phenoxy) is 1. The highest BCUT2D eigenvalue weighted by molar-refractivity contribution is 7.10. The molecule has 0 spiro atoms. The van der Waals surface area contributed by atoms with Crippen LogP contribution in [0.4, 0.5) is 11.5 Å². The summed E-state index contributed by atoms with van der Waals surface area (Å²) in [4.78, 5) is 15.7. The molecule has 0 saturated carbocycles. The van der Waals surface area contributed by atoms with E-state index in [0.29, 0.717) is 5.88 Å². The van der Waals surface area contributed by atoms with Crippen LogP contribution in [0.1, 0.15) is 17.8 Å². The normalized spacial score (nSPS) is 11.9. The summed E-state index contributed by atoms with van der Waals surface area (Å²) < 4.78 is 4.99. The minimum Gasteiger partial charge on any atom is -0.481 e. The highest BCUT2D eigenvalue weighted by Gasteiger charge is 2.19. The Hall–Kier alpha value is -2.15. The minimum absolute atomic E-state index is 0.0571. The quantitative estimate of drug-likeness (QED) is 0.671. The molecule has 7 heteroatoms. The lowest BCUT2D eigenvalue weighted by atomic mass is 10.2. The first kappa shape index (κ1) is 13.3. The molecule has 0 fully saturated rings. The summed E-state index contributed by atoms with van der Waals surface area (Å²) in [5, 5.41) is 16.0. The van der Waals surface area contributed by atoms with Gasteiger partial charge in [0.15, 0.2) is 0 Å². The van der Waals surface area contributed by atoms with E-state index in [2.05, 4.69) is 10.3 Å². The molecule has 0 aliphatic rings. The second-order valence-electron chi connectivity index (χ2n) is 3.86. The first-order valence-corrected chi connectivity index (χ1v) is 6.49. The Morgan fingerprint density at radius 3 is 2.84 bits per heavy atom. The van der Waals surface area contributed by atoms with E-state index in [4.69, 9.17) is 4.74 Å². The van der Waals surface area contributed by atoms with Gasteiger partial charge in [-0.2, -0.15) is 4.98 Å². The number of anilines is 1. The van der Waals surface area contributed by atoms with E-state index in [1.165, 1.54) is 19.2 Å². The van der Waals surface area contributed by atoms with E-state index >= 15 is 0 Å². The molecule has 100 valence electrons. The molecule has 6 nitrogen and oxygen atoms in total. The number of nitrogens with one attached hydrogen (secondary N) is 1. The maximum Gasteiger partial charge on any atom is 0.311 e. The van der Waals surface area contributed by atoms with E-state index in [1.54, 1.807) is 11.3 Å². The third-order valence-corrected chi connectivity index (χ3v) is 3.63. The van der Waals surface area contributed by atoms with Gasteiger partial charge in [0.1, 0.15) is 0 Å². The molecule has 1 N–H and O–H groups in total. The first-order chi connectivity index (χ1) is 9.11. The fourth-order valence-corrected chi connectivity index (χ4v) is 2.35. The van der Waals surface area contributed by atoms with Crippen LogP contribution in [0.2, 0.25) is 0 Å². The second-order valence-corrected chi connectivity index (χ2v) is 4.84. The van der Waals surface area contributed by atoms with Gasteiger partial charge >= 0.3 is 5.69 Å². The van der Waals surface area contributed by atoms with E-state index in [1.807, 2.05) is 24.4 Å². The summed E-state index contributed by atoms with van der Waals surface area (Å²) in [6.45, 7) is 1.93. The predicted molar refractivity (Wildman–Crippen MR) is 73.8 cm³/mol. The van der Waals surface area contributed by atoms with Gasteiger partial charge in [-0.15, -0.1) is 11.3 Å². The van der Waals surface area contributed by atoms with Crippen molar-refractivity contribution in [1.82, 2.24) is 4.98 Å². The van der Waals surface area contributed by atoms with Gasteiger partial charge in [0, 0.05) is 17.0 Å². The summed E-state index contributed by atoms with van der Waals surface area (Å²) in [6, 6.07) is 6.70. The van der Waals surface area contributed by atoms with Crippen molar-refractivity contribution < 1.29 is 9.66 Å². The predicted octanol–water partition coefficient (Wildman–Crippen LogP) is 3.23.